The molecule has 0 radical (unpaired) electrons. The van der Waals surface area contributed by atoms with E-state index in [0.29, 0.717) is 32.4 Å². The summed E-state index contributed by atoms with van der Waals surface area (Å²) in [5.74, 6) is 0.746. The van der Waals surface area contributed by atoms with Crippen LogP contribution in [0.15, 0.2) is 45.8 Å². The van der Waals surface area contributed by atoms with Crippen LogP contribution in [0, 0.1) is 0 Å². The highest BCUT2D eigenvalue weighted by atomic mass is 79.9. The highest BCUT2D eigenvalue weighted by molar-refractivity contribution is 9.10. The van der Waals surface area contributed by atoms with Gasteiger partial charge in [0, 0.05) is 17.1 Å². The molecule has 8 heteroatoms. The lowest BCUT2D eigenvalue weighted by atomic mass is 10.1. The van der Waals surface area contributed by atoms with E-state index in [1.165, 1.54) is 4.90 Å². The average molecular weight is 483 g/mol. The van der Waals surface area contributed by atoms with E-state index in [0.717, 1.165) is 22.9 Å². The Morgan fingerprint density at radius 3 is 2.64 bits per heavy atom. The van der Waals surface area contributed by atoms with Crippen LogP contribution >= 0.6 is 39.3 Å². The topological polar surface area (TPSA) is 55.8 Å². The van der Waals surface area contributed by atoms with Gasteiger partial charge in [0.2, 0.25) is 0 Å². The van der Waals surface area contributed by atoms with E-state index in [9.17, 15) is 9.59 Å². The molecule has 0 bridgehead atoms. The summed E-state index contributed by atoms with van der Waals surface area (Å²) in [6, 6.07) is 11.0. The van der Waals surface area contributed by atoms with Gasteiger partial charge in [0.05, 0.1) is 16.5 Å². The molecule has 0 unspecified atom stereocenters. The largest absolute Gasteiger partial charge is 0.493 e. The van der Waals surface area contributed by atoms with E-state index >= 15 is 0 Å². The minimum atomic E-state index is -0.286. The third-order valence-corrected chi connectivity index (χ3v) is 5.93. The maximum absolute atomic E-state index is 12.3. The van der Waals surface area contributed by atoms with Gasteiger partial charge in [-0.15, -0.1) is 0 Å². The van der Waals surface area contributed by atoms with Crippen molar-refractivity contribution in [3.05, 3.63) is 61.9 Å². The van der Waals surface area contributed by atoms with E-state index in [1.54, 1.807) is 32.2 Å². The molecule has 2 amide bonds. The fraction of sp³-hybridized carbons (Fsp3) is 0.200. The Bertz CT molecular complexity index is 963. The molecule has 1 aliphatic rings. The number of hydrogen-bond acceptors (Lipinski definition) is 5. The van der Waals surface area contributed by atoms with E-state index in [4.69, 9.17) is 21.1 Å². The van der Waals surface area contributed by atoms with Crippen LogP contribution in [0.25, 0.3) is 6.08 Å². The van der Waals surface area contributed by atoms with Crippen molar-refractivity contribution in [1.29, 1.82) is 0 Å². The highest BCUT2D eigenvalue weighted by Gasteiger charge is 2.33. The van der Waals surface area contributed by atoms with Gasteiger partial charge in [0.15, 0.2) is 11.5 Å². The third kappa shape index (κ3) is 4.37. The molecule has 146 valence electrons. The Hall–Kier alpha value is -1.96. The van der Waals surface area contributed by atoms with Gasteiger partial charge in [0.1, 0.15) is 6.61 Å². The summed E-state index contributed by atoms with van der Waals surface area (Å²) in [5.41, 5.74) is 1.57. The number of likely N-dealkylation sites (N-methyl/N-ethyl adjacent to an activating group) is 1. The molecule has 0 atom stereocenters. The normalized spacial score (nSPS) is 15.4. The fourth-order valence-corrected chi connectivity index (χ4v) is 4.32. The summed E-state index contributed by atoms with van der Waals surface area (Å²) in [6.07, 6.45) is 1.67. The predicted octanol–water partition coefficient (Wildman–Crippen LogP) is 5.75. The number of imide groups is 1. The Labute approximate surface area is 180 Å². The molecule has 0 saturated carbocycles. The van der Waals surface area contributed by atoms with Crippen LogP contribution < -0.4 is 9.47 Å². The lowest BCUT2D eigenvalue weighted by Gasteiger charge is -2.14. The number of thioether (sulfide) groups is 1. The molecule has 3 rings (SSSR count). The van der Waals surface area contributed by atoms with Gasteiger partial charge in [-0.25, -0.2) is 0 Å². The number of carbonyl (C=O) groups is 2. The summed E-state index contributed by atoms with van der Waals surface area (Å²) < 4.78 is 12.0. The molecule has 0 N–H and O–H groups in total. The van der Waals surface area contributed by atoms with E-state index in [1.807, 2.05) is 24.3 Å². The smallest absolute Gasteiger partial charge is 0.293 e. The zero-order valence-electron chi connectivity index (χ0n) is 15.2. The van der Waals surface area contributed by atoms with Gasteiger partial charge < -0.3 is 9.47 Å². The zero-order chi connectivity index (χ0) is 20.3. The van der Waals surface area contributed by atoms with E-state index in [2.05, 4.69) is 15.9 Å². The lowest BCUT2D eigenvalue weighted by molar-refractivity contribution is -0.122. The van der Waals surface area contributed by atoms with Crippen molar-refractivity contribution in [2.75, 3.05) is 13.7 Å². The molecule has 28 heavy (non-hydrogen) atoms. The summed E-state index contributed by atoms with van der Waals surface area (Å²) in [5, 5.41) is 0.366. The molecular formula is C20H17BrClNO4S. The fourth-order valence-electron chi connectivity index (χ4n) is 2.65. The predicted molar refractivity (Wildman–Crippen MR) is 115 cm³/mol. The van der Waals surface area contributed by atoms with Crippen molar-refractivity contribution in [2.45, 2.75) is 13.5 Å². The molecule has 0 aromatic heterocycles. The van der Waals surface area contributed by atoms with Crippen LogP contribution in [-0.4, -0.2) is 29.7 Å². The number of hydrogen-bond donors (Lipinski definition) is 0. The van der Waals surface area contributed by atoms with Crippen LogP contribution in [0.3, 0.4) is 0 Å². The van der Waals surface area contributed by atoms with Gasteiger partial charge >= 0.3 is 0 Å². The third-order valence-electron chi connectivity index (χ3n) is 4.07. The number of ether oxygens (including phenoxy) is 2. The summed E-state index contributed by atoms with van der Waals surface area (Å²) in [7, 11) is 1.54. The molecule has 2 aromatic rings. The van der Waals surface area contributed by atoms with Crippen molar-refractivity contribution in [2.24, 2.45) is 0 Å². The van der Waals surface area contributed by atoms with Crippen LogP contribution in [0.4, 0.5) is 4.79 Å². The summed E-state index contributed by atoms with van der Waals surface area (Å²) in [4.78, 5) is 25.7. The Kier molecular flexibility index (Phi) is 6.69. The number of rotatable bonds is 6. The first-order valence-corrected chi connectivity index (χ1v) is 10.4. The standard InChI is InChI=1S/C20H17BrClNO4S/c1-3-23-19(24)17(28-20(23)25)10-12-8-14(21)18(16(9-12)26-2)27-11-13-6-4-5-7-15(13)22/h4-10H,3,11H2,1-2H3. The van der Waals surface area contributed by atoms with Crippen molar-refractivity contribution in [3.8, 4) is 11.5 Å². The minimum Gasteiger partial charge on any atom is -0.493 e. The van der Waals surface area contributed by atoms with E-state index in [-0.39, 0.29) is 17.8 Å². The number of carbonyl (C=O) groups excluding carboxylic acids is 2. The van der Waals surface area contributed by atoms with Crippen molar-refractivity contribution in [1.82, 2.24) is 4.90 Å². The quantitative estimate of drug-likeness (QED) is 0.491. The number of benzene rings is 2. The van der Waals surface area contributed by atoms with Gasteiger partial charge in [-0.1, -0.05) is 29.8 Å². The molecule has 5 nitrogen and oxygen atoms in total. The van der Waals surface area contributed by atoms with Crippen molar-refractivity contribution in [3.63, 3.8) is 0 Å². The molecule has 1 aliphatic heterocycles. The maximum Gasteiger partial charge on any atom is 0.293 e. The second-order valence-corrected chi connectivity index (χ2v) is 8.09. The number of halogens is 2. The Morgan fingerprint density at radius 2 is 2.00 bits per heavy atom. The molecule has 1 heterocycles. The van der Waals surface area contributed by atoms with Crippen LogP contribution in [0.5, 0.6) is 11.5 Å². The molecule has 1 fully saturated rings. The van der Waals surface area contributed by atoms with Crippen molar-refractivity contribution < 1.29 is 19.1 Å². The molecular weight excluding hydrogens is 466 g/mol. The second kappa shape index (κ2) is 9.03. The monoisotopic (exact) mass is 481 g/mol. The molecule has 0 spiro atoms. The summed E-state index contributed by atoms with van der Waals surface area (Å²) >= 11 is 10.6. The number of methoxy groups -OCH3 is 1. The van der Waals surface area contributed by atoms with Gasteiger partial charge in [-0.05, 0) is 64.5 Å². The summed E-state index contributed by atoms with van der Waals surface area (Å²) in [6.45, 7) is 2.40. The minimum absolute atomic E-state index is 0.260. The Morgan fingerprint density at radius 1 is 1.25 bits per heavy atom. The maximum atomic E-state index is 12.3. The number of nitrogens with zero attached hydrogens (tertiary/aromatic N) is 1. The number of amides is 2. The lowest BCUT2D eigenvalue weighted by Crippen LogP contribution is -2.27. The van der Waals surface area contributed by atoms with Crippen molar-refractivity contribution >= 4 is 56.5 Å². The van der Waals surface area contributed by atoms with Gasteiger partial charge in [-0.2, -0.15) is 0 Å². The zero-order valence-corrected chi connectivity index (χ0v) is 18.4. The molecule has 2 aromatic carbocycles. The van der Waals surface area contributed by atoms with E-state index < -0.39 is 0 Å². The SMILES string of the molecule is CCN1C(=O)SC(=Cc2cc(Br)c(OCc3ccccc3Cl)c(OC)c2)C1=O. The molecule has 1 saturated heterocycles. The molecule has 0 aliphatic carbocycles. The van der Waals surface area contributed by atoms with Gasteiger partial charge in [-0.3, -0.25) is 14.5 Å². The first kappa shape index (κ1) is 20.8. The average Bonchev–Trinajstić information content (AvgIpc) is 2.94. The van der Waals surface area contributed by atoms with Crippen LogP contribution in [-0.2, 0) is 11.4 Å². The van der Waals surface area contributed by atoms with Crippen LogP contribution in [0.2, 0.25) is 5.02 Å². The highest BCUT2D eigenvalue weighted by Crippen LogP contribution is 2.39. The first-order valence-electron chi connectivity index (χ1n) is 8.43. The van der Waals surface area contributed by atoms with Crippen LogP contribution in [0.1, 0.15) is 18.1 Å². The first-order chi connectivity index (χ1) is 13.4. The second-order valence-electron chi connectivity index (χ2n) is 5.84. The Balaban J connectivity index is 1.86. The van der Waals surface area contributed by atoms with Gasteiger partial charge in [0.25, 0.3) is 11.1 Å².